The fraction of sp³-hybridized carbons (Fsp3) is 0.250. The molecule has 5 nitrogen and oxygen atoms in total. The van der Waals surface area contributed by atoms with Crippen molar-refractivity contribution in [3.63, 3.8) is 0 Å². The lowest BCUT2D eigenvalue weighted by molar-refractivity contribution is -0.276. The molecule has 0 saturated heterocycles. The number of carboxylic acid groups (broad SMARTS) is 1. The van der Waals surface area contributed by atoms with Gasteiger partial charge in [0.05, 0.1) is 6.20 Å². The summed E-state index contributed by atoms with van der Waals surface area (Å²) in [7, 11) is 0. The molecule has 0 aromatic carbocycles. The van der Waals surface area contributed by atoms with Gasteiger partial charge in [0, 0.05) is 0 Å². The zero-order valence-corrected chi connectivity index (χ0v) is 8.50. The van der Waals surface area contributed by atoms with E-state index in [4.69, 9.17) is 10.2 Å². The van der Waals surface area contributed by atoms with Gasteiger partial charge in [-0.05, 0) is 0 Å². The number of nitrogens with zero attached hydrogens (tertiary/aromatic N) is 1. The van der Waals surface area contributed by atoms with Crippen LogP contribution in [0.15, 0.2) is 6.20 Å². The van der Waals surface area contributed by atoms with Gasteiger partial charge < -0.3 is 14.9 Å². The molecule has 0 spiro atoms. The number of hydrogen-bond donors (Lipinski definition) is 2. The monoisotopic (exact) mass is 291 g/mol. The van der Waals surface area contributed by atoms with Gasteiger partial charge in [-0.15, -0.1) is 13.2 Å². The third-order valence-corrected chi connectivity index (χ3v) is 1.71. The number of hydrogen-bond acceptors (Lipinski definition) is 4. The SMILES string of the molecule is O=C(O)c1c(O)cnc(C(F)(F)F)c1OC(F)(F)F. The lowest BCUT2D eigenvalue weighted by atomic mass is 10.1. The summed E-state index contributed by atoms with van der Waals surface area (Å²) in [4.78, 5) is 13.1. The van der Waals surface area contributed by atoms with Crippen molar-refractivity contribution in [2.75, 3.05) is 0 Å². The summed E-state index contributed by atoms with van der Waals surface area (Å²) in [5, 5.41) is 17.5. The van der Waals surface area contributed by atoms with Gasteiger partial charge in [-0.3, -0.25) is 0 Å². The van der Waals surface area contributed by atoms with Gasteiger partial charge in [0.15, 0.2) is 17.2 Å². The third kappa shape index (κ3) is 3.39. The lowest BCUT2D eigenvalue weighted by Gasteiger charge is -2.16. The van der Waals surface area contributed by atoms with E-state index in [1.165, 1.54) is 0 Å². The fourth-order valence-electron chi connectivity index (χ4n) is 1.11. The number of halogens is 6. The maximum atomic E-state index is 12.4. The van der Waals surface area contributed by atoms with E-state index in [1.54, 1.807) is 0 Å². The number of carbonyl (C=O) groups is 1. The average Bonchev–Trinajstić information content (AvgIpc) is 2.11. The van der Waals surface area contributed by atoms with E-state index < -0.39 is 41.3 Å². The Morgan fingerprint density at radius 1 is 1.21 bits per heavy atom. The summed E-state index contributed by atoms with van der Waals surface area (Å²) >= 11 is 0. The van der Waals surface area contributed by atoms with E-state index in [0.717, 1.165) is 0 Å². The predicted octanol–water partition coefficient (Wildman–Crippen LogP) is 2.40. The van der Waals surface area contributed by atoms with Crippen LogP contribution in [0.2, 0.25) is 0 Å². The molecule has 0 saturated carbocycles. The quantitative estimate of drug-likeness (QED) is 0.818. The number of carboxylic acids is 1. The molecule has 0 aliphatic heterocycles. The third-order valence-electron chi connectivity index (χ3n) is 1.71. The number of ether oxygens (including phenoxy) is 1. The summed E-state index contributed by atoms with van der Waals surface area (Å²) in [6.07, 6.45) is -10.9. The molecule has 1 aromatic rings. The number of aromatic nitrogens is 1. The van der Waals surface area contributed by atoms with E-state index in [-0.39, 0.29) is 6.20 Å². The Balaban J connectivity index is 3.59. The predicted molar refractivity (Wildman–Crippen MR) is 44.5 cm³/mol. The molecule has 2 N–H and O–H groups in total. The van der Waals surface area contributed by atoms with Gasteiger partial charge in [-0.25, -0.2) is 9.78 Å². The normalized spacial score (nSPS) is 12.3. The van der Waals surface area contributed by atoms with Crippen LogP contribution in [0.25, 0.3) is 0 Å². The van der Waals surface area contributed by atoms with E-state index in [1.807, 2.05) is 0 Å². The molecule has 1 aromatic heterocycles. The molecule has 106 valence electrons. The molecule has 1 rings (SSSR count). The molecule has 0 bridgehead atoms. The Morgan fingerprint density at radius 3 is 2.11 bits per heavy atom. The zero-order chi connectivity index (χ0) is 15.0. The minimum absolute atomic E-state index is 0.0650. The van der Waals surface area contributed by atoms with E-state index in [9.17, 15) is 31.1 Å². The zero-order valence-electron chi connectivity index (χ0n) is 8.50. The van der Waals surface area contributed by atoms with Crippen LogP contribution in [0, 0.1) is 0 Å². The van der Waals surface area contributed by atoms with Crippen molar-refractivity contribution in [3.05, 3.63) is 17.5 Å². The summed E-state index contributed by atoms with van der Waals surface area (Å²) in [6, 6.07) is 0. The van der Waals surface area contributed by atoms with E-state index >= 15 is 0 Å². The molecular formula is C8H3F6NO4. The Hall–Kier alpha value is -2.20. The first kappa shape index (κ1) is 14.9. The minimum Gasteiger partial charge on any atom is -0.505 e. The molecule has 0 aliphatic carbocycles. The molecule has 0 unspecified atom stereocenters. The van der Waals surface area contributed by atoms with Crippen LogP contribution in [0.3, 0.4) is 0 Å². The van der Waals surface area contributed by atoms with Gasteiger partial charge in [-0.2, -0.15) is 13.2 Å². The minimum atomic E-state index is -5.58. The Labute approximate surface area is 99.6 Å². The largest absolute Gasteiger partial charge is 0.573 e. The maximum Gasteiger partial charge on any atom is 0.573 e. The molecule has 0 aliphatic rings. The van der Waals surface area contributed by atoms with Crippen LogP contribution in [0.5, 0.6) is 11.5 Å². The number of rotatable bonds is 2. The van der Waals surface area contributed by atoms with Crippen molar-refractivity contribution in [1.29, 1.82) is 0 Å². The average molecular weight is 291 g/mol. The van der Waals surface area contributed by atoms with Crippen LogP contribution in [-0.4, -0.2) is 27.5 Å². The van der Waals surface area contributed by atoms with Gasteiger partial charge in [0.25, 0.3) is 0 Å². The van der Waals surface area contributed by atoms with Crippen LogP contribution >= 0.6 is 0 Å². The summed E-state index contributed by atoms with van der Waals surface area (Å²) in [6.45, 7) is 0. The molecular weight excluding hydrogens is 288 g/mol. The molecule has 19 heavy (non-hydrogen) atoms. The highest BCUT2D eigenvalue weighted by atomic mass is 19.4. The van der Waals surface area contributed by atoms with Crippen molar-refractivity contribution in [2.24, 2.45) is 0 Å². The van der Waals surface area contributed by atoms with Gasteiger partial charge >= 0.3 is 18.5 Å². The van der Waals surface area contributed by atoms with Gasteiger partial charge in [0.1, 0.15) is 5.56 Å². The Bertz CT molecular complexity index is 509. The van der Waals surface area contributed by atoms with Gasteiger partial charge in [0.2, 0.25) is 0 Å². The standard InChI is InChI=1S/C8H3F6NO4/c9-7(10,11)5-4(19-8(12,13)14)3(6(17)18)2(16)1-15-5/h1,16H,(H,17,18). The molecule has 0 atom stereocenters. The van der Waals surface area contributed by atoms with E-state index in [0.29, 0.717) is 0 Å². The van der Waals surface area contributed by atoms with Gasteiger partial charge in [-0.1, -0.05) is 0 Å². The summed E-state index contributed by atoms with van der Waals surface area (Å²) in [5.74, 6) is -5.74. The van der Waals surface area contributed by atoms with Crippen LogP contribution < -0.4 is 4.74 Å². The number of pyridine rings is 1. The highest BCUT2D eigenvalue weighted by Crippen LogP contribution is 2.41. The van der Waals surface area contributed by atoms with E-state index in [2.05, 4.69) is 9.72 Å². The maximum absolute atomic E-state index is 12.4. The van der Waals surface area contributed by atoms with Crippen LogP contribution in [-0.2, 0) is 6.18 Å². The Kier molecular flexibility index (Phi) is 3.50. The topological polar surface area (TPSA) is 79.7 Å². The first-order chi connectivity index (χ1) is 8.43. The second-order valence-electron chi connectivity index (χ2n) is 3.05. The summed E-state index contributed by atoms with van der Waals surface area (Å²) < 4.78 is 76.2. The van der Waals surface area contributed by atoms with Crippen molar-refractivity contribution in [2.45, 2.75) is 12.5 Å². The molecule has 11 heteroatoms. The highest BCUT2D eigenvalue weighted by molar-refractivity contribution is 5.94. The smallest absolute Gasteiger partial charge is 0.505 e. The highest BCUT2D eigenvalue weighted by Gasteiger charge is 2.44. The lowest BCUT2D eigenvalue weighted by Crippen LogP contribution is -2.23. The first-order valence-corrected chi connectivity index (χ1v) is 4.21. The first-order valence-electron chi connectivity index (χ1n) is 4.21. The molecule has 0 radical (unpaired) electrons. The molecule has 1 heterocycles. The molecule has 0 fully saturated rings. The van der Waals surface area contributed by atoms with Crippen molar-refractivity contribution in [3.8, 4) is 11.5 Å². The number of aromatic carboxylic acids is 1. The Morgan fingerprint density at radius 2 is 1.74 bits per heavy atom. The van der Waals surface area contributed by atoms with Crippen molar-refractivity contribution in [1.82, 2.24) is 4.98 Å². The van der Waals surface area contributed by atoms with Crippen molar-refractivity contribution >= 4 is 5.97 Å². The second kappa shape index (κ2) is 4.48. The van der Waals surface area contributed by atoms with Crippen molar-refractivity contribution < 1.29 is 46.1 Å². The number of aromatic hydroxyl groups is 1. The van der Waals surface area contributed by atoms with Crippen LogP contribution in [0.4, 0.5) is 26.3 Å². The summed E-state index contributed by atoms with van der Waals surface area (Å²) in [5.41, 5.74) is -3.89. The number of alkyl halides is 6. The second-order valence-corrected chi connectivity index (χ2v) is 3.05. The van der Waals surface area contributed by atoms with Crippen LogP contribution in [0.1, 0.15) is 16.1 Å². The fourth-order valence-corrected chi connectivity index (χ4v) is 1.11. The molecule has 0 amide bonds.